The van der Waals surface area contributed by atoms with Crippen LogP contribution in [-0.4, -0.2) is 29.3 Å². The van der Waals surface area contributed by atoms with Gasteiger partial charge < -0.3 is 19.9 Å². The van der Waals surface area contributed by atoms with Crippen molar-refractivity contribution in [1.82, 2.24) is 5.32 Å². The van der Waals surface area contributed by atoms with E-state index in [1.165, 1.54) is 0 Å². The van der Waals surface area contributed by atoms with E-state index in [0.29, 0.717) is 11.5 Å². The monoisotopic (exact) mass is 279 g/mol. The molecule has 5 nitrogen and oxygen atoms in total. The van der Waals surface area contributed by atoms with Gasteiger partial charge in [0.25, 0.3) is 5.91 Å². The molecule has 0 radical (unpaired) electrons. The lowest BCUT2D eigenvalue weighted by Crippen LogP contribution is -2.46. The number of aliphatic hydroxyl groups excluding tert-OH is 1. The summed E-state index contributed by atoms with van der Waals surface area (Å²) >= 11 is 0. The Labute approximate surface area is 118 Å². The highest BCUT2D eigenvalue weighted by molar-refractivity contribution is 5.81. The van der Waals surface area contributed by atoms with E-state index >= 15 is 0 Å². The first-order chi connectivity index (χ1) is 9.26. The molecule has 2 atom stereocenters. The molecule has 0 saturated heterocycles. The fraction of sp³-hybridized carbons (Fsp3) is 0.533. The lowest BCUT2D eigenvalue weighted by atomic mass is 10.1. The average Bonchev–Trinajstić information content (AvgIpc) is 2.68. The zero-order valence-electron chi connectivity index (χ0n) is 12.3. The fourth-order valence-electron chi connectivity index (χ4n) is 1.98. The quantitative estimate of drug-likeness (QED) is 0.885. The first kappa shape index (κ1) is 14.7. The number of carbonyl (C=O) groups excluding carboxylic acids is 1. The second-order valence-corrected chi connectivity index (χ2v) is 6.03. The van der Waals surface area contributed by atoms with Gasteiger partial charge in [0.15, 0.2) is 6.10 Å². The Hall–Kier alpha value is -1.75. The van der Waals surface area contributed by atoms with E-state index in [-0.39, 0.29) is 18.1 Å². The van der Waals surface area contributed by atoms with Gasteiger partial charge in [0, 0.05) is 17.2 Å². The van der Waals surface area contributed by atoms with E-state index in [9.17, 15) is 9.90 Å². The number of fused-ring (bicyclic) bond motifs is 1. The summed E-state index contributed by atoms with van der Waals surface area (Å²) in [7, 11) is 0. The van der Waals surface area contributed by atoms with Crippen molar-refractivity contribution in [3.63, 3.8) is 0 Å². The number of hydrogen-bond acceptors (Lipinski definition) is 4. The van der Waals surface area contributed by atoms with Crippen molar-refractivity contribution >= 4 is 5.91 Å². The summed E-state index contributed by atoms with van der Waals surface area (Å²) in [6.45, 7) is 7.72. The van der Waals surface area contributed by atoms with Gasteiger partial charge in [-0.05, 0) is 39.8 Å². The molecule has 1 heterocycles. The lowest BCUT2D eigenvalue weighted by molar-refractivity contribution is -0.128. The lowest BCUT2D eigenvalue weighted by Gasteiger charge is -2.23. The molecule has 0 fully saturated rings. The van der Waals surface area contributed by atoms with Crippen LogP contribution in [0.5, 0.6) is 11.5 Å². The van der Waals surface area contributed by atoms with Crippen LogP contribution in [0.4, 0.5) is 0 Å². The van der Waals surface area contributed by atoms with Crippen LogP contribution >= 0.6 is 0 Å². The Morgan fingerprint density at radius 3 is 2.85 bits per heavy atom. The second kappa shape index (κ2) is 5.32. The molecular weight excluding hydrogens is 258 g/mol. The van der Waals surface area contributed by atoms with Gasteiger partial charge in [-0.3, -0.25) is 4.79 Å². The number of nitrogens with one attached hydrogen (secondary N) is 1. The number of rotatable bonds is 3. The van der Waals surface area contributed by atoms with Gasteiger partial charge in [0.1, 0.15) is 24.2 Å². The zero-order chi connectivity index (χ0) is 14.9. The molecule has 1 aliphatic heterocycles. The zero-order valence-corrected chi connectivity index (χ0v) is 12.3. The van der Waals surface area contributed by atoms with Crippen LogP contribution < -0.4 is 14.8 Å². The maximum Gasteiger partial charge on any atom is 0.261 e. The molecule has 2 N–H and O–H groups in total. The molecule has 0 bridgehead atoms. The SMILES string of the molecule is CC(Oc1ccc2c(c1)OCC2O)C(=O)NC(C)(C)C. The van der Waals surface area contributed by atoms with Gasteiger partial charge in [-0.15, -0.1) is 0 Å². The molecule has 0 aromatic heterocycles. The highest BCUT2D eigenvalue weighted by atomic mass is 16.5. The number of aliphatic hydroxyl groups is 1. The molecule has 2 rings (SSSR count). The Kier molecular flexibility index (Phi) is 3.90. The predicted molar refractivity (Wildman–Crippen MR) is 74.9 cm³/mol. The highest BCUT2D eigenvalue weighted by Gasteiger charge is 2.24. The van der Waals surface area contributed by atoms with E-state index < -0.39 is 12.2 Å². The largest absolute Gasteiger partial charge is 0.490 e. The molecule has 0 aliphatic carbocycles. The first-order valence-electron chi connectivity index (χ1n) is 6.70. The third-order valence-electron chi connectivity index (χ3n) is 2.92. The minimum absolute atomic E-state index is 0.168. The van der Waals surface area contributed by atoms with Crippen molar-refractivity contribution in [2.75, 3.05) is 6.61 Å². The molecule has 1 aromatic carbocycles. The number of hydrogen-bond donors (Lipinski definition) is 2. The van der Waals surface area contributed by atoms with Crippen LogP contribution in [0.2, 0.25) is 0 Å². The molecule has 20 heavy (non-hydrogen) atoms. The summed E-state index contributed by atoms with van der Waals surface area (Å²) in [5.74, 6) is 0.992. The van der Waals surface area contributed by atoms with E-state index in [2.05, 4.69) is 5.32 Å². The average molecular weight is 279 g/mol. The number of carbonyl (C=O) groups is 1. The van der Waals surface area contributed by atoms with Gasteiger partial charge in [0.2, 0.25) is 0 Å². The minimum atomic E-state index is -0.599. The van der Waals surface area contributed by atoms with E-state index in [1.54, 1.807) is 25.1 Å². The van der Waals surface area contributed by atoms with Gasteiger partial charge in [0.05, 0.1) is 0 Å². The number of benzene rings is 1. The fourth-order valence-corrected chi connectivity index (χ4v) is 1.98. The standard InChI is InChI=1S/C15H21NO4/c1-9(14(18)16-15(2,3)4)20-10-5-6-11-12(17)8-19-13(11)7-10/h5-7,9,12,17H,8H2,1-4H3,(H,16,18). The maximum absolute atomic E-state index is 11.9. The molecule has 1 aliphatic rings. The molecule has 0 spiro atoms. The van der Waals surface area contributed by atoms with Crippen LogP contribution in [0.1, 0.15) is 39.4 Å². The third kappa shape index (κ3) is 3.42. The van der Waals surface area contributed by atoms with Crippen molar-refractivity contribution in [3.8, 4) is 11.5 Å². The Morgan fingerprint density at radius 2 is 2.20 bits per heavy atom. The van der Waals surface area contributed by atoms with Crippen LogP contribution in [-0.2, 0) is 4.79 Å². The van der Waals surface area contributed by atoms with Crippen LogP contribution in [0.3, 0.4) is 0 Å². The Balaban J connectivity index is 2.02. The summed E-state index contributed by atoms with van der Waals surface area (Å²) in [6.07, 6.45) is -1.18. The number of amides is 1. The topological polar surface area (TPSA) is 67.8 Å². The van der Waals surface area contributed by atoms with E-state index in [1.807, 2.05) is 20.8 Å². The molecule has 1 amide bonds. The summed E-state index contributed by atoms with van der Waals surface area (Å²) in [6, 6.07) is 5.20. The normalized spacial score (nSPS) is 18.9. The Bertz CT molecular complexity index is 507. The Morgan fingerprint density at radius 1 is 1.50 bits per heavy atom. The van der Waals surface area contributed by atoms with Crippen LogP contribution in [0, 0.1) is 0 Å². The van der Waals surface area contributed by atoms with Crippen molar-refractivity contribution in [2.45, 2.75) is 45.4 Å². The third-order valence-corrected chi connectivity index (χ3v) is 2.92. The van der Waals surface area contributed by atoms with Gasteiger partial charge in [-0.1, -0.05) is 0 Å². The molecule has 110 valence electrons. The summed E-state index contributed by atoms with van der Waals surface area (Å²) in [5.41, 5.74) is 0.462. The van der Waals surface area contributed by atoms with Crippen molar-refractivity contribution in [2.24, 2.45) is 0 Å². The van der Waals surface area contributed by atoms with Crippen molar-refractivity contribution < 1.29 is 19.4 Å². The van der Waals surface area contributed by atoms with E-state index in [4.69, 9.17) is 9.47 Å². The molecule has 0 saturated carbocycles. The molecule has 1 aromatic rings. The highest BCUT2D eigenvalue weighted by Crippen LogP contribution is 2.35. The number of ether oxygens (including phenoxy) is 2. The second-order valence-electron chi connectivity index (χ2n) is 6.03. The predicted octanol–water partition coefficient (Wildman–Crippen LogP) is 1.79. The van der Waals surface area contributed by atoms with Gasteiger partial charge >= 0.3 is 0 Å². The van der Waals surface area contributed by atoms with E-state index in [0.717, 1.165) is 5.56 Å². The molecule has 5 heteroatoms. The van der Waals surface area contributed by atoms with Crippen molar-refractivity contribution in [1.29, 1.82) is 0 Å². The molecular formula is C15H21NO4. The van der Waals surface area contributed by atoms with Gasteiger partial charge in [-0.25, -0.2) is 0 Å². The maximum atomic E-state index is 11.9. The van der Waals surface area contributed by atoms with Crippen molar-refractivity contribution in [3.05, 3.63) is 23.8 Å². The minimum Gasteiger partial charge on any atom is -0.490 e. The smallest absolute Gasteiger partial charge is 0.261 e. The first-order valence-corrected chi connectivity index (χ1v) is 6.70. The summed E-state index contributed by atoms with van der Waals surface area (Å²) in [4.78, 5) is 11.9. The van der Waals surface area contributed by atoms with Gasteiger partial charge in [-0.2, -0.15) is 0 Å². The van der Waals surface area contributed by atoms with Crippen LogP contribution in [0.15, 0.2) is 18.2 Å². The summed E-state index contributed by atoms with van der Waals surface area (Å²) in [5, 5.41) is 12.5. The molecule has 2 unspecified atom stereocenters. The van der Waals surface area contributed by atoms with Crippen LogP contribution in [0.25, 0.3) is 0 Å². The summed E-state index contributed by atoms with van der Waals surface area (Å²) < 4.78 is 11.0.